The Labute approximate surface area is 155 Å². The zero-order valence-electron chi connectivity index (χ0n) is 14.8. The third-order valence-electron chi connectivity index (χ3n) is 5.00. The average Bonchev–Trinajstić information content (AvgIpc) is 2.98. The summed E-state index contributed by atoms with van der Waals surface area (Å²) in [5.41, 5.74) is 2.22. The van der Waals surface area contributed by atoms with E-state index in [4.69, 9.17) is 0 Å². The van der Waals surface area contributed by atoms with Gasteiger partial charge in [-0.15, -0.1) is 12.4 Å². The molecule has 3 rings (SSSR count). The topological polar surface area (TPSA) is 61.4 Å². The SMILES string of the molecule is C[C@H]1C[C@@H](C(=O)NCc2cccc(CN3CCCC3=O)c2)CCN1.Cl. The zero-order chi connectivity index (χ0) is 16.9. The fourth-order valence-electron chi connectivity index (χ4n) is 3.63. The summed E-state index contributed by atoms with van der Waals surface area (Å²) < 4.78 is 0. The number of nitrogens with zero attached hydrogens (tertiary/aromatic N) is 1. The zero-order valence-corrected chi connectivity index (χ0v) is 15.6. The van der Waals surface area contributed by atoms with E-state index in [1.54, 1.807) is 0 Å². The highest BCUT2D eigenvalue weighted by Gasteiger charge is 2.24. The minimum atomic E-state index is 0. The normalized spacial score (nSPS) is 23.2. The second-order valence-corrected chi connectivity index (χ2v) is 7.03. The number of rotatable bonds is 5. The molecule has 0 radical (unpaired) electrons. The van der Waals surface area contributed by atoms with Crippen molar-refractivity contribution in [1.29, 1.82) is 0 Å². The molecular formula is C19H28ClN3O2. The Kier molecular flexibility index (Phi) is 7.26. The maximum absolute atomic E-state index is 12.3. The predicted octanol–water partition coefficient (Wildman–Crippen LogP) is 2.24. The molecule has 0 aromatic heterocycles. The van der Waals surface area contributed by atoms with Crippen LogP contribution in [0.4, 0.5) is 0 Å². The van der Waals surface area contributed by atoms with Gasteiger partial charge in [0.05, 0.1) is 0 Å². The van der Waals surface area contributed by atoms with Gasteiger partial charge in [0.15, 0.2) is 0 Å². The first-order chi connectivity index (χ1) is 11.6. The number of benzene rings is 1. The molecule has 0 spiro atoms. The minimum absolute atomic E-state index is 0. The van der Waals surface area contributed by atoms with Crippen molar-refractivity contribution in [2.45, 2.75) is 51.7 Å². The van der Waals surface area contributed by atoms with Gasteiger partial charge in [-0.25, -0.2) is 0 Å². The average molecular weight is 366 g/mol. The summed E-state index contributed by atoms with van der Waals surface area (Å²) in [6.07, 6.45) is 3.45. The molecule has 5 nitrogen and oxygen atoms in total. The third kappa shape index (κ3) is 5.44. The summed E-state index contributed by atoms with van der Waals surface area (Å²) in [6, 6.07) is 8.59. The van der Waals surface area contributed by atoms with Crippen LogP contribution in [-0.2, 0) is 22.7 Å². The molecule has 0 unspecified atom stereocenters. The van der Waals surface area contributed by atoms with Crippen molar-refractivity contribution in [2.75, 3.05) is 13.1 Å². The summed E-state index contributed by atoms with van der Waals surface area (Å²) in [6.45, 7) is 5.13. The van der Waals surface area contributed by atoms with Crippen LogP contribution in [-0.4, -0.2) is 35.8 Å². The van der Waals surface area contributed by atoms with Crippen molar-refractivity contribution in [3.63, 3.8) is 0 Å². The molecule has 0 bridgehead atoms. The molecule has 6 heteroatoms. The maximum atomic E-state index is 12.3. The van der Waals surface area contributed by atoms with Gasteiger partial charge < -0.3 is 15.5 Å². The first-order valence-corrected chi connectivity index (χ1v) is 8.98. The number of hydrogen-bond donors (Lipinski definition) is 2. The molecule has 0 aliphatic carbocycles. The van der Waals surface area contributed by atoms with Crippen LogP contribution in [0, 0.1) is 5.92 Å². The van der Waals surface area contributed by atoms with Gasteiger partial charge in [-0.1, -0.05) is 24.3 Å². The van der Waals surface area contributed by atoms with Gasteiger partial charge in [-0.3, -0.25) is 9.59 Å². The first-order valence-electron chi connectivity index (χ1n) is 8.98. The standard InChI is InChI=1S/C19H27N3O2.ClH/c1-14-10-17(7-8-20-14)19(24)21-12-15-4-2-5-16(11-15)13-22-9-3-6-18(22)23;/h2,4-5,11,14,17,20H,3,6-10,12-13H2,1H3,(H,21,24);1H/t14-,17-;/m0./s1. The van der Waals surface area contributed by atoms with Crippen molar-refractivity contribution >= 4 is 24.2 Å². The first kappa shape index (κ1) is 19.7. The second-order valence-electron chi connectivity index (χ2n) is 7.03. The summed E-state index contributed by atoms with van der Waals surface area (Å²) in [4.78, 5) is 26.0. The van der Waals surface area contributed by atoms with Gasteiger partial charge in [0.2, 0.25) is 11.8 Å². The van der Waals surface area contributed by atoms with Crippen LogP contribution in [0.5, 0.6) is 0 Å². The van der Waals surface area contributed by atoms with Gasteiger partial charge in [0.25, 0.3) is 0 Å². The summed E-state index contributed by atoms with van der Waals surface area (Å²) >= 11 is 0. The van der Waals surface area contributed by atoms with E-state index >= 15 is 0 Å². The fourth-order valence-corrected chi connectivity index (χ4v) is 3.63. The van der Waals surface area contributed by atoms with Crippen LogP contribution in [0.25, 0.3) is 0 Å². The Hall–Kier alpha value is -1.59. The molecular weight excluding hydrogens is 338 g/mol. The molecule has 138 valence electrons. The number of amides is 2. The van der Waals surface area contributed by atoms with E-state index in [0.29, 0.717) is 25.6 Å². The lowest BCUT2D eigenvalue weighted by Gasteiger charge is -2.27. The molecule has 2 atom stereocenters. The number of hydrogen-bond acceptors (Lipinski definition) is 3. The molecule has 2 aliphatic rings. The lowest BCUT2D eigenvalue weighted by Crippen LogP contribution is -2.42. The van der Waals surface area contributed by atoms with Gasteiger partial charge in [0.1, 0.15) is 0 Å². The molecule has 2 heterocycles. The molecule has 2 aliphatic heterocycles. The van der Waals surface area contributed by atoms with Crippen molar-refractivity contribution < 1.29 is 9.59 Å². The Morgan fingerprint density at radius 1 is 1.36 bits per heavy atom. The lowest BCUT2D eigenvalue weighted by atomic mass is 9.92. The number of carbonyl (C=O) groups excluding carboxylic acids is 2. The molecule has 1 aromatic carbocycles. The van der Waals surface area contributed by atoms with Gasteiger partial charge in [-0.05, 0) is 43.9 Å². The van der Waals surface area contributed by atoms with E-state index in [1.807, 2.05) is 23.1 Å². The highest BCUT2D eigenvalue weighted by atomic mass is 35.5. The van der Waals surface area contributed by atoms with Crippen molar-refractivity contribution in [3.05, 3.63) is 35.4 Å². The number of piperidine rings is 1. The highest BCUT2D eigenvalue weighted by Crippen LogP contribution is 2.17. The second kappa shape index (κ2) is 9.20. The van der Waals surface area contributed by atoms with Gasteiger partial charge in [-0.2, -0.15) is 0 Å². The van der Waals surface area contributed by atoms with E-state index in [9.17, 15) is 9.59 Å². The van der Waals surface area contributed by atoms with Crippen LogP contribution in [0.1, 0.15) is 43.7 Å². The molecule has 2 amide bonds. The largest absolute Gasteiger partial charge is 0.352 e. The van der Waals surface area contributed by atoms with Crippen molar-refractivity contribution in [1.82, 2.24) is 15.5 Å². The summed E-state index contributed by atoms with van der Waals surface area (Å²) in [5, 5.41) is 6.45. The van der Waals surface area contributed by atoms with Crippen LogP contribution in [0.3, 0.4) is 0 Å². The van der Waals surface area contributed by atoms with E-state index in [-0.39, 0.29) is 30.1 Å². The Morgan fingerprint density at radius 3 is 2.88 bits per heavy atom. The monoisotopic (exact) mass is 365 g/mol. The van der Waals surface area contributed by atoms with E-state index in [1.165, 1.54) is 0 Å². The molecule has 0 saturated carbocycles. The van der Waals surface area contributed by atoms with E-state index in [0.717, 1.165) is 43.5 Å². The summed E-state index contributed by atoms with van der Waals surface area (Å²) in [5.74, 6) is 0.517. The number of likely N-dealkylation sites (tertiary alicyclic amines) is 1. The fraction of sp³-hybridized carbons (Fsp3) is 0.579. The third-order valence-corrected chi connectivity index (χ3v) is 5.00. The predicted molar refractivity (Wildman–Crippen MR) is 100 cm³/mol. The Bertz CT molecular complexity index is 608. The van der Waals surface area contributed by atoms with Crippen LogP contribution in [0.15, 0.2) is 24.3 Å². The Balaban J connectivity index is 0.00000225. The minimum Gasteiger partial charge on any atom is -0.352 e. The molecule has 2 N–H and O–H groups in total. The van der Waals surface area contributed by atoms with E-state index < -0.39 is 0 Å². The van der Waals surface area contributed by atoms with Crippen LogP contribution < -0.4 is 10.6 Å². The summed E-state index contributed by atoms with van der Waals surface area (Å²) in [7, 11) is 0. The van der Waals surface area contributed by atoms with Crippen molar-refractivity contribution in [3.8, 4) is 0 Å². The van der Waals surface area contributed by atoms with Gasteiger partial charge >= 0.3 is 0 Å². The molecule has 25 heavy (non-hydrogen) atoms. The highest BCUT2D eigenvalue weighted by molar-refractivity contribution is 5.85. The van der Waals surface area contributed by atoms with Gasteiger partial charge in [0, 0.05) is 38.0 Å². The maximum Gasteiger partial charge on any atom is 0.223 e. The van der Waals surface area contributed by atoms with Crippen LogP contribution >= 0.6 is 12.4 Å². The number of nitrogens with one attached hydrogen (secondary N) is 2. The molecule has 1 aromatic rings. The Morgan fingerprint density at radius 2 is 2.16 bits per heavy atom. The quantitative estimate of drug-likeness (QED) is 0.841. The molecule has 2 fully saturated rings. The molecule has 2 saturated heterocycles. The van der Waals surface area contributed by atoms with Crippen molar-refractivity contribution in [2.24, 2.45) is 5.92 Å². The van der Waals surface area contributed by atoms with Crippen LogP contribution in [0.2, 0.25) is 0 Å². The lowest BCUT2D eigenvalue weighted by molar-refractivity contribution is -0.128. The van der Waals surface area contributed by atoms with E-state index in [2.05, 4.69) is 23.6 Å². The number of halogens is 1. The number of carbonyl (C=O) groups is 2. The smallest absolute Gasteiger partial charge is 0.223 e.